The molecular weight excluding hydrogens is 368 g/mol. The van der Waals surface area contributed by atoms with Crippen molar-refractivity contribution >= 4 is 31.7 Å². The van der Waals surface area contributed by atoms with Crippen molar-refractivity contribution in [2.75, 3.05) is 25.4 Å². The third-order valence-electron chi connectivity index (χ3n) is 3.85. The van der Waals surface area contributed by atoms with Crippen molar-refractivity contribution in [3.8, 4) is 0 Å². The first-order chi connectivity index (χ1) is 10.3. The van der Waals surface area contributed by atoms with Crippen LogP contribution in [0.15, 0.2) is 33.6 Å². The number of hydrogen-bond acceptors (Lipinski definition) is 4. The van der Waals surface area contributed by atoms with Gasteiger partial charge in [-0.05, 0) is 31.2 Å². The van der Waals surface area contributed by atoms with Gasteiger partial charge in [0.15, 0.2) is 9.84 Å². The molecule has 0 bridgehead atoms. The zero-order valence-electron chi connectivity index (χ0n) is 12.8. The zero-order valence-corrected chi connectivity index (χ0v) is 15.2. The molecule has 22 heavy (non-hydrogen) atoms. The SMILES string of the molecule is C[C@@H](CS(=O)(=O)c1ccc(Br)cc1)C(=O)N1CCNC[C@@H]1C. The van der Waals surface area contributed by atoms with Crippen molar-refractivity contribution in [1.29, 1.82) is 0 Å². The average Bonchev–Trinajstić information content (AvgIpc) is 2.47. The second kappa shape index (κ2) is 7.10. The standard InChI is InChI=1S/C15H21BrN2O3S/c1-11(15(19)18-8-7-17-9-12(18)2)10-22(20,21)14-5-3-13(16)4-6-14/h3-6,11-12,17H,7-10H2,1-2H3/t11-,12-/m0/s1. The van der Waals surface area contributed by atoms with Gasteiger partial charge in [-0.2, -0.15) is 0 Å². The first kappa shape index (κ1) is 17.4. The summed E-state index contributed by atoms with van der Waals surface area (Å²) >= 11 is 3.28. The van der Waals surface area contributed by atoms with Crippen LogP contribution in [-0.2, 0) is 14.6 Å². The van der Waals surface area contributed by atoms with Gasteiger partial charge in [-0.3, -0.25) is 4.79 Å². The Morgan fingerprint density at radius 3 is 2.64 bits per heavy atom. The molecule has 122 valence electrons. The van der Waals surface area contributed by atoms with E-state index in [9.17, 15) is 13.2 Å². The van der Waals surface area contributed by atoms with Gasteiger partial charge in [0.25, 0.3) is 0 Å². The van der Waals surface area contributed by atoms with Gasteiger partial charge in [-0.1, -0.05) is 22.9 Å². The van der Waals surface area contributed by atoms with Crippen molar-refractivity contribution in [3.05, 3.63) is 28.7 Å². The van der Waals surface area contributed by atoms with Crippen molar-refractivity contribution in [2.45, 2.75) is 24.8 Å². The largest absolute Gasteiger partial charge is 0.337 e. The van der Waals surface area contributed by atoms with Crippen LogP contribution in [0.3, 0.4) is 0 Å². The Kier molecular flexibility index (Phi) is 5.63. The van der Waals surface area contributed by atoms with E-state index in [-0.39, 0.29) is 22.6 Å². The van der Waals surface area contributed by atoms with Gasteiger partial charge in [-0.15, -0.1) is 0 Å². The predicted octanol–water partition coefficient (Wildman–Crippen LogP) is 1.68. The first-order valence-corrected chi connectivity index (χ1v) is 9.75. The van der Waals surface area contributed by atoms with Gasteiger partial charge in [0.1, 0.15) is 0 Å². The van der Waals surface area contributed by atoms with Gasteiger partial charge < -0.3 is 10.2 Å². The third kappa shape index (κ3) is 4.08. The molecule has 1 N–H and O–H groups in total. The Morgan fingerprint density at radius 2 is 2.05 bits per heavy atom. The highest BCUT2D eigenvalue weighted by atomic mass is 79.9. The Bertz CT molecular complexity index is 631. The van der Waals surface area contributed by atoms with Crippen LogP contribution in [0.2, 0.25) is 0 Å². The number of sulfone groups is 1. The maximum atomic E-state index is 12.5. The molecule has 1 aliphatic rings. The maximum Gasteiger partial charge on any atom is 0.226 e. The van der Waals surface area contributed by atoms with Crippen molar-refractivity contribution < 1.29 is 13.2 Å². The highest BCUT2D eigenvalue weighted by Crippen LogP contribution is 2.19. The van der Waals surface area contributed by atoms with E-state index in [2.05, 4.69) is 21.2 Å². The van der Waals surface area contributed by atoms with E-state index >= 15 is 0 Å². The normalized spacial score (nSPS) is 20.7. The first-order valence-electron chi connectivity index (χ1n) is 7.31. The number of halogens is 1. The lowest BCUT2D eigenvalue weighted by molar-refractivity contribution is -0.137. The van der Waals surface area contributed by atoms with Gasteiger partial charge in [0, 0.05) is 36.1 Å². The Labute approximate surface area is 140 Å². The molecule has 0 saturated carbocycles. The second-order valence-electron chi connectivity index (χ2n) is 5.72. The van der Waals surface area contributed by atoms with Crippen LogP contribution in [0.4, 0.5) is 0 Å². The quantitative estimate of drug-likeness (QED) is 0.851. The van der Waals surface area contributed by atoms with Crippen molar-refractivity contribution in [1.82, 2.24) is 10.2 Å². The minimum atomic E-state index is -3.46. The summed E-state index contributed by atoms with van der Waals surface area (Å²) in [7, 11) is -3.46. The van der Waals surface area contributed by atoms with E-state index < -0.39 is 15.8 Å². The summed E-state index contributed by atoms with van der Waals surface area (Å²) in [6, 6.07) is 6.60. The monoisotopic (exact) mass is 388 g/mol. The lowest BCUT2D eigenvalue weighted by Crippen LogP contribution is -2.54. The van der Waals surface area contributed by atoms with Crippen molar-refractivity contribution in [2.24, 2.45) is 5.92 Å². The summed E-state index contributed by atoms with van der Waals surface area (Å²) in [6.07, 6.45) is 0. The molecule has 7 heteroatoms. The lowest BCUT2D eigenvalue weighted by atomic mass is 10.1. The van der Waals surface area contributed by atoms with Gasteiger partial charge in [-0.25, -0.2) is 8.42 Å². The minimum Gasteiger partial charge on any atom is -0.337 e. The number of rotatable bonds is 4. The highest BCUT2D eigenvalue weighted by molar-refractivity contribution is 9.10. The molecule has 0 radical (unpaired) electrons. The van der Waals surface area contributed by atoms with Crippen LogP contribution in [0.1, 0.15) is 13.8 Å². The number of amides is 1. The van der Waals surface area contributed by atoms with E-state index in [1.807, 2.05) is 6.92 Å². The summed E-state index contributed by atoms with van der Waals surface area (Å²) in [6.45, 7) is 5.79. The molecule has 0 spiro atoms. The molecular formula is C15H21BrN2O3S. The third-order valence-corrected chi connectivity index (χ3v) is 6.31. The summed E-state index contributed by atoms with van der Waals surface area (Å²) in [5.41, 5.74) is 0. The number of carbonyl (C=O) groups excluding carboxylic acids is 1. The molecule has 1 aliphatic heterocycles. The van der Waals surface area contributed by atoms with E-state index in [1.165, 1.54) is 0 Å². The molecule has 2 atom stereocenters. The molecule has 1 saturated heterocycles. The molecule has 1 fully saturated rings. The van der Waals surface area contributed by atoms with E-state index in [1.54, 1.807) is 36.1 Å². The topological polar surface area (TPSA) is 66.5 Å². The zero-order chi connectivity index (χ0) is 16.3. The van der Waals surface area contributed by atoms with Crippen LogP contribution in [0.5, 0.6) is 0 Å². The number of carbonyl (C=O) groups is 1. The Balaban J connectivity index is 2.08. The van der Waals surface area contributed by atoms with Crippen LogP contribution >= 0.6 is 15.9 Å². The molecule has 0 unspecified atom stereocenters. The van der Waals surface area contributed by atoms with Crippen LogP contribution in [-0.4, -0.2) is 50.7 Å². The molecule has 1 heterocycles. The fourth-order valence-electron chi connectivity index (χ4n) is 2.59. The molecule has 1 aromatic rings. The Morgan fingerprint density at radius 1 is 1.41 bits per heavy atom. The molecule has 2 rings (SSSR count). The van der Waals surface area contributed by atoms with E-state index in [4.69, 9.17) is 0 Å². The number of benzene rings is 1. The van der Waals surface area contributed by atoms with Gasteiger partial charge in [0.05, 0.1) is 10.6 Å². The molecule has 0 aliphatic carbocycles. The fourth-order valence-corrected chi connectivity index (χ4v) is 4.40. The van der Waals surface area contributed by atoms with Crippen LogP contribution in [0, 0.1) is 5.92 Å². The molecule has 1 amide bonds. The van der Waals surface area contributed by atoms with E-state index in [0.717, 1.165) is 17.6 Å². The summed E-state index contributed by atoms with van der Waals surface area (Å²) in [5.74, 6) is -0.798. The fraction of sp³-hybridized carbons (Fsp3) is 0.533. The number of nitrogens with zero attached hydrogens (tertiary/aromatic N) is 1. The number of nitrogens with one attached hydrogen (secondary N) is 1. The van der Waals surface area contributed by atoms with Gasteiger partial charge in [0.2, 0.25) is 5.91 Å². The van der Waals surface area contributed by atoms with Crippen LogP contribution < -0.4 is 5.32 Å². The average molecular weight is 389 g/mol. The summed E-state index contributed by atoms with van der Waals surface area (Å²) in [5, 5.41) is 3.22. The summed E-state index contributed by atoms with van der Waals surface area (Å²) in [4.78, 5) is 14.5. The predicted molar refractivity (Wildman–Crippen MR) is 89.4 cm³/mol. The number of hydrogen-bond donors (Lipinski definition) is 1. The molecule has 5 nitrogen and oxygen atoms in total. The van der Waals surface area contributed by atoms with Gasteiger partial charge >= 0.3 is 0 Å². The number of piperazine rings is 1. The lowest BCUT2D eigenvalue weighted by Gasteiger charge is -2.35. The second-order valence-corrected chi connectivity index (χ2v) is 8.67. The Hall–Kier alpha value is -0.920. The van der Waals surface area contributed by atoms with Crippen LogP contribution in [0.25, 0.3) is 0 Å². The summed E-state index contributed by atoms with van der Waals surface area (Å²) < 4.78 is 25.7. The molecule has 1 aromatic carbocycles. The molecule has 0 aromatic heterocycles. The van der Waals surface area contributed by atoms with E-state index in [0.29, 0.717) is 6.54 Å². The smallest absolute Gasteiger partial charge is 0.226 e. The maximum absolute atomic E-state index is 12.5. The highest BCUT2D eigenvalue weighted by Gasteiger charge is 2.30. The minimum absolute atomic E-state index is 0.0883. The van der Waals surface area contributed by atoms with Crippen molar-refractivity contribution in [3.63, 3.8) is 0 Å².